The molecule has 0 spiro atoms. The third-order valence-electron chi connectivity index (χ3n) is 3.55. The van der Waals surface area contributed by atoms with Gasteiger partial charge in [-0.05, 0) is 0 Å². The minimum Gasteiger partial charge on any atom is -0.295 e. The third kappa shape index (κ3) is 2.20. The third-order valence-corrected chi connectivity index (χ3v) is 5.04. The second-order valence-corrected chi connectivity index (χ2v) is 7.46. The summed E-state index contributed by atoms with van der Waals surface area (Å²) in [4.78, 5) is 0.327. The van der Waals surface area contributed by atoms with E-state index in [1.165, 1.54) is 24.3 Å². The second-order valence-electron chi connectivity index (χ2n) is 4.88. The van der Waals surface area contributed by atoms with E-state index in [9.17, 15) is 22.0 Å². The molecule has 2 aromatic carbocycles. The quantitative estimate of drug-likeness (QED) is 0.177. The van der Waals surface area contributed by atoms with E-state index in [4.69, 9.17) is 46.4 Å². The predicted molar refractivity (Wildman–Crippen MR) is 81.9 cm³/mol. The fourth-order valence-corrected chi connectivity index (χ4v) is 4.17. The average Bonchev–Trinajstić information content (AvgIpc) is 2.69. The van der Waals surface area contributed by atoms with E-state index in [2.05, 4.69) is 0 Å². The smallest absolute Gasteiger partial charge is 0.219 e. The molecule has 0 aliphatic carbocycles. The van der Waals surface area contributed by atoms with E-state index in [0.717, 1.165) is 0 Å². The Morgan fingerprint density at radius 3 is 1.33 bits per heavy atom. The van der Waals surface area contributed by atoms with E-state index in [0.29, 0.717) is 4.90 Å². The zero-order valence-electron chi connectivity index (χ0n) is 11.2. The van der Waals surface area contributed by atoms with Gasteiger partial charge >= 0.3 is 0 Å². The van der Waals surface area contributed by atoms with Gasteiger partial charge in [-0.15, -0.1) is 0 Å². The number of rotatable bonds is 1. The Labute approximate surface area is 152 Å². The first kappa shape index (κ1) is 17.9. The fraction of sp³-hybridized carbons (Fsp3) is 0.143. The molecule has 128 valence electrons. The minimum absolute atomic E-state index is 0.0438. The molecule has 0 bridgehead atoms. The van der Waals surface area contributed by atoms with Gasteiger partial charge in [0.1, 0.15) is 5.69 Å². The molecule has 0 saturated heterocycles. The van der Waals surface area contributed by atoms with Gasteiger partial charge in [0.05, 0.1) is 0 Å². The van der Waals surface area contributed by atoms with Gasteiger partial charge in [-0.3, -0.25) is 4.90 Å². The second kappa shape index (κ2) is 5.53. The molecule has 3 rings (SSSR count). The van der Waals surface area contributed by atoms with E-state index < -0.39 is 43.7 Å². The number of anilines is 1. The van der Waals surface area contributed by atoms with Crippen LogP contribution in [0.1, 0.15) is 11.1 Å². The van der Waals surface area contributed by atoms with Crippen molar-refractivity contribution in [2.75, 3.05) is 4.90 Å². The Bertz CT molecular complexity index is 791. The number of halogens is 9. The lowest BCUT2D eigenvalue weighted by Crippen LogP contribution is -2.41. The maximum atomic E-state index is 14.2. The summed E-state index contributed by atoms with van der Waals surface area (Å²) >= 11 is 24.5. The van der Waals surface area contributed by atoms with Crippen molar-refractivity contribution in [1.82, 2.24) is 0 Å². The molecule has 1 heterocycles. The monoisotopic (exact) mass is 421 g/mol. The summed E-state index contributed by atoms with van der Waals surface area (Å²) in [6.45, 7) is 0. The summed E-state index contributed by atoms with van der Waals surface area (Å²) in [5, 5.41) is 0. The van der Waals surface area contributed by atoms with Crippen LogP contribution in [-0.2, 0) is 8.91 Å². The van der Waals surface area contributed by atoms with Crippen LogP contribution in [0.4, 0.5) is 27.6 Å². The maximum Gasteiger partial charge on any atom is 0.219 e. The lowest BCUT2D eigenvalue weighted by molar-refractivity contribution is 0.376. The molecule has 0 saturated carbocycles. The molecule has 1 nitrogen and oxygen atoms in total. The van der Waals surface area contributed by atoms with Crippen LogP contribution in [0.5, 0.6) is 0 Å². The number of alkyl halides is 4. The van der Waals surface area contributed by atoms with Crippen molar-refractivity contribution in [3.63, 3.8) is 0 Å². The van der Waals surface area contributed by atoms with Crippen molar-refractivity contribution in [3.05, 3.63) is 64.5 Å². The van der Waals surface area contributed by atoms with E-state index in [1.54, 1.807) is 0 Å². The largest absolute Gasteiger partial charge is 0.295 e. The number of fused-ring (bicyclic) bond motifs is 1. The molecule has 2 aromatic rings. The van der Waals surface area contributed by atoms with Gasteiger partial charge in [0.25, 0.3) is 0 Å². The molecule has 10 heteroatoms. The minimum atomic E-state index is -2.32. The number of benzene rings is 2. The zero-order chi connectivity index (χ0) is 18.0. The molecule has 0 fully saturated rings. The topological polar surface area (TPSA) is 3.24 Å². The Morgan fingerprint density at radius 2 is 0.958 bits per heavy atom. The van der Waals surface area contributed by atoms with Crippen molar-refractivity contribution < 1.29 is 22.0 Å². The highest BCUT2D eigenvalue weighted by atomic mass is 35.5. The van der Waals surface area contributed by atoms with Gasteiger partial charge in [0.2, 0.25) is 14.7 Å². The van der Waals surface area contributed by atoms with Gasteiger partial charge in [-0.25, -0.2) is 22.0 Å². The van der Waals surface area contributed by atoms with Crippen molar-refractivity contribution >= 4 is 52.1 Å². The van der Waals surface area contributed by atoms with Crippen LogP contribution in [0.3, 0.4) is 0 Å². The Morgan fingerprint density at radius 1 is 0.625 bits per heavy atom. The SMILES string of the molecule is Fc1c(F)c(F)c(N2C(Cl)(Cl)c3ccccc3C2(Cl)Cl)c(F)c1F. The zero-order valence-corrected chi connectivity index (χ0v) is 14.2. The van der Waals surface area contributed by atoms with Crippen molar-refractivity contribution in [2.45, 2.75) is 8.91 Å². The number of hydrogen-bond donors (Lipinski definition) is 0. The molecular weight excluding hydrogens is 419 g/mol. The van der Waals surface area contributed by atoms with Crippen LogP contribution in [0.2, 0.25) is 0 Å². The summed E-state index contributed by atoms with van der Waals surface area (Å²) in [5.41, 5.74) is -1.35. The summed E-state index contributed by atoms with van der Waals surface area (Å²) in [6, 6.07) is 5.70. The molecule has 24 heavy (non-hydrogen) atoms. The normalized spacial score (nSPS) is 18.0. The van der Waals surface area contributed by atoms with E-state index >= 15 is 0 Å². The standard InChI is InChI=1S/C14H4Cl4F5N/c15-13(16)5-3-1-2-4-6(5)14(17,18)24(13)12-10(22)8(20)7(19)9(21)11(12)23/h1-4H. The highest BCUT2D eigenvalue weighted by Crippen LogP contribution is 2.60. The number of hydrogen-bond acceptors (Lipinski definition) is 1. The van der Waals surface area contributed by atoms with Crippen LogP contribution in [0.25, 0.3) is 0 Å². The Balaban J connectivity index is 2.37. The molecule has 1 aliphatic rings. The summed E-state index contributed by atoms with van der Waals surface area (Å²) in [6.07, 6.45) is 0. The number of nitrogens with zero attached hydrogens (tertiary/aromatic N) is 1. The van der Waals surface area contributed by atoms with Crippen molar-refractivity contribution in [1.29, 1.82) is 0 Å². The van der Waals surface area contributed by atoms with Gasteiger partial charge in [0, 0.05) is 11.1 Å². The highest BCUT2D eigenvalue weighted by molar-refractivity contribution is 6.56. The first-order valence-electron chi connectivity index (χ1n) is 6.20. The summed E-state index contributed by atoms with van der Waals surface area (Å²) in [5.74, 6) is -11.0. The highest BCUT2D eigenvalue weighted by Gasteiger charge is 2.58. The molecule has 0 aromatic heterocycles. The first-order chi connectivity index (χ1) is 11.0. The van der Waals surface area contributed by atoms with Crippen LogP contribution < -0.4 is 4.90 Å². The van der Waals surface area contributed by atoms with Crippen molar-refractivity contribution in [3.8, 4) is 0 Å². The summed E-state index contributed by atoms with van der Waals surface area (Å²) in [7, 11) is 0. The van der Waals surface area contributed by atoms with E-state index in [1.807, 2.05) is 0 Å². The molecule has 0 radical (unpaired) electrons. The average molecular weight is 423 g/mol. The maximum absolute atomic E-state index is 14.2. The van der Waals surface area contributed by atoms with Gasteiger partial charge in [-0.1, -0.05) is 70.7 Å². The molecule has 1 aliphatic heterocycles. The van der Waals surface area contributed by atoms with E-state index in [-0.39, 0.29) is 11.1 Å². The van der Waals surface area contributed by atoms with Crippen LogP contribution >= 0.6 is 46.4 Å². The van der Waals surface area contributed by atoms with Gasteiger partial charge in [0.15, 0.2) is 23.3 Å². The van der Waals surface area contributed by atoms with Gasteiger partial charge < -0.3 is 0 Å². The Kier molecular flexibility index (Phi) is 4.11. The lowest BCUT2D eigenvalue weighted by Gasteiger charge is -2.36. The molecular formula is C14H4Cl4F5N. The molecule has 0 N–H and O–H groups in total. The first-order valence-corrected chi connectivity index (χ1v) is 7.71. The summed E-state index contributed by atoms with van der Waals surface area (Å²) < 4.78 is 64.1. The predicted octanol–water partition coefficient (Wildman–Crippen LogP) is 6.08. The van der Waals surface area contributed by atoms with Crippen molar-refractivity contribution in [2.24, 2.45) is 0 Å². The molecule has 0 unspecified atom stereocenters. The Hall–Kier alpha value is -0.950. The van der Waals surface area contributed by atoms with Crippen LogP contribution in [0.15, 0.2) is 24.3 Å². The van der Waals surface area contributed by atoms with Crippen LogP contribution in [-0.4, -0.2) is 0 Å². The lowest BCUT2D eigenvalue weighted by atomic mass is 10.1. The van der Waals surface area contributed by atoms with Gasteiger partial charge in [-0.2, -0.15) is 0 Å². The molecule has 0 amide bonds. The van der Waals surface area contributed by atoms with Crippen LogP contribution in [0, 0.1) is 29.1 Å². The fourth-order valence-electron chi connectivity index (χ4n) is 2.50. The molecule has 0 atom stereocenters.